The zero-order chi connectivity index (χ0) is 13.2. The predicted octanol–water partition coefficient (Wildman–Crippen LogP) is 3.00. The number of phenols is 1. The van der Waals surface area contributed by atoms with Gasteiger partial charge < -0.3 is 5.11 Å². The van der Waals surface area contributed by atoms with E-state index in [0.29, 0.717) is 12.0 Å². The molecule has 0 bridgehead atoms. The van der Waals surface area contributed by atoms with Gasteiger partial charge in [-0.25, -0.2) is 0 Å². The fraction of sp³-hybridized carbons (Fsp3) is 0.125. The molecule has 0 fully saturated rings. The van der Waals surface area contributed by atoms with Crippen LogP contribution in [0.4, 0.5) is 0 Å². The van der Waals surface area contributed by atoms with Gasteiger partial charge in [0.1, 0.15) is 5.75 Å². The highest BCUT2D eigenvalue weighted by Crippen LogP contribution is 2.28. The molecule has 1 heterocycles. The summed E-state index contributed by atoms with van der Waals surface area (Å²) in [4.78, 5) is 16.4. The van der Waals surface area contributed by atoms with Gasteiger partial charge in [-0.3, -0.25) is 9.78 Å². The van der Waals surface area contributed by atoms with Crippen molar-refractivity contribution in [2.24, 2.45) is 0 Å². The van der Waals surface area contributed by atoms with Gasteiger partial charge in [0.2, 0.25) is 0 Å². The Morgan fingerprint density at radius 3 is 2.89 bits per heavy atom. The van der Waals surface area contributed by atoms with E-state index in [-0.39, 0.29) is 11.5 Å². The van der Waals surface area contributed by atoms with Gasteiger partial charge in [-0.2, -0.15) is 0 Å². The summed E-state index contributed by atoms with van der Waals surface area (Å²) in [6.07, 6.45) is 6.83. The molecular formula is C16H13NO2. The van der Waals surface area contributed by atoms with E-state index in [1.807, 2.05) is 18.2 Å². The van der Waals surface area contributed by atoms with Crippen molar-refractivity contribution in [3.05, 3.63) is 65.0 Å². The minimum Gasteiger partial charge on any atom is -0.508 e. The number of rotatable bonds is 1. The van der Waals surface area contributed by atoms with Crippen LogP contribution in [0.15, 0.2) is 48.3 Å². The van der Waals surface area contributed by atoms with E-state index in [2.05, 4.69) is 4.98 Å². The molecule has 1 aliphatic carbocycles. The maximum Gasteiger partial charge on any atom is 0.189 e. The summed E-state index contributed by atoms with van der Waals surface area (Å²) < 4.78 is 0. The zero-order valence-corrected chi connectivity index (χ0v) is 10.3. The highest BCUT2D eigenvalue weighted by molar-refractivity contribution is 6.13. The van der Waals surface area contributed by atoms with Gasteiger partial charge in [0, 0.05) is 23.5 Å². The smallest absolute Gasteiger partial charge is 0.189 e. The topological polar surface area (TPSA) is 50.2 Å². The molecule has 0 spiro atoms. The molecule has 3 rings (SSSR count). The normalized spacial score (nSPS) is 16.4. The van der Waals surface area contributed by atoms with Crippen LogP contribution in [-0.4, -0.2) is 15.9 Å². The molecular weight excluding hydrogens is 238 g/mol. The number of benzene rings is 1. The molecule has 0 saturated heterocycles. The Labute approximate surface area is 111 Å². The molecule has 1 N–H and O–H groups in total. The number of Topliss-reactive ketones (excluding diaryl/α,β-unsaturated/α-hetero) is 1. The number of aromatic nitrogens is 1. The molecule has 0 radical (unpaired) electrons. The molecule has 1 aromatic heterocycles. The van der Waals surface area contributed by atoms with Crippen molar-refractivity contribution in [1.29, 1.82) is 0 Å². The highest BCUT2D eigenvalue weighted by atomic mass is 16.3. The monoisotopic (exact) mass is 251 g/mol. The molecule has 1 aliphatic rings. The van der Waals surface area contributed by atoms with Gasteiger partial charge in [0.25, 0.3) is 0 Å². The van der Waals surface area contributed by atoms with Crippen LogP contribution in [0.2, 0.25) is 0 Å². The van der Waals surface area contributed by atoms with E-state index in [4.69, 9.17) is 0 Å². The first-order valence-corrected chi connectivity index (χ1v) is 6.21. The van der Waals surface area contributed by atoms with Crippen LogP contribution in [0, 0.1) is 0 Å². The van der Waals surface area contributed by atoms with Gasteiger partial charge in [-0.1, -0.05) is 6.07 Å². The molecule has 3 heteroatoms. The van der Waals surface area contributed by atoms with E-state index < -0.39 is 0 Å². The average molecular weight is 251 g/mol. The van der Waals surface area contributed by atoms with Crippen molar-refractivity contribution in [2.45, 2.75) is 12.8 Å². The molecule has 1 aromatic carbocycles. The summed E-state index contributed by atoms with van der Waals surface area (Å²) in [5, 5.41) is 9.44. The van der Waals surface area contributed by atoms with Crippen molar-refractivity contribution >= 4 is 11.9 Å². The molecule has 94 valence electrons. The van der Waals surface area contributed by atoms with Crippen LogP contribution in [0.25, 0.3) is 6.08 Å². The van der Waals surface area contributed by atoms with Gasteiger partial charge in [-0.05, 0) is 54.3 Å². The lowest BCUT2D eigenvalue weighted by Gasteiger charge is -2.17. The number of aromatic hydroxyl groups is 1. The lowest BCUT2D eigenvalue weighted by atomic mass is 9.86. The molecule has 0 amide bonds. The molecule has 0 unspecified atom stereocenters. The third-order valence-electron chi connectivity index (χ3n) is 3.31. The Balaban J connectivity index is 1.98. The Bertz CT molecular complexity index is 660. The lowest BCUT2D eigenvalue weighted by Crippen LogP contribution is -2.13. The maximum absolute atomic E-state index is 12.4. The third-order valence-corrected chi connectivity index (χ3v) is 3.31. The summed E-state index contributed by atoms with van der Waals surface area (Å²) in [5.74, 6) is 0.261. The number of phenolic OH excluding ortho intramolecular Hbond substituents is 1. The van der Waals surface area contributed by atoms with Crippen molar-refractivity contribution in [1.82, 2.24) is 4.98 Å². The average Bonchev–Trinajstić information content (AvgIpc) is 2.43. The van der Waals surface area contributed by atoms with Gasteiger partial charge in [-0.15, -0.1) is 0 Å². The second-order valence-electron chi connectivity index (χ2n) is 4.63. The van der Waals surface area contributed by atoms with Gasteiger partial charge in [0.05, 0.1) is 0 Å². The number of nitrogens with zero attached hydrogens (tertiary/aromatic N) is 1. The largest absolute Gasteiger partial charge is 0.508 e. The summed E-state index contributed by atoms with van der Waals surface area (Å²) in [5.41, 5.74) is 3.35. The number of allylic oxidation sites excluding steroid dienone is 1. The number of carbonyl (C=O) groups is 1. The van der Waals surface area contributed by atoms with E-state index in [9.17, 15) is 9.90 Å². The van der Waals surface area contributed by atoms with E-state index >= 15 is 0 Å². The van der Waals surface area contributed by atoms with E-state index in [1.54, 1.807) is 30.6 Å². The quantitative estimate of drug-likeness (QED) is 0.793. The molecule has 2 aromatic rings. The number of fused-ring (bicyclic) bond motifs is 1. The number of carbonyl (C=O) groups excluding carboxylic acids is 1. The number of hydrogen-bond acceptors (Lipinski definition) is 3. The number of hydrogen-bond donors (Lipinski definition) is 1. The van der Waals surface area contributed by atoms with Gasteiger partial charge in [0.15, 0.2) is 5.78 Å². The minimum absolute atomic E-state index is 0.0464. The maximum atomic E-state index is 12.4. The summed E-state index contributed by atoms with van der Waals surface area (Å²) in [6, 6.07) is 8.71. The predicted molar refractivity (Wildman–Crippen MR) is 73.0 cm³/mol. The highest BCUT2D eigenvalue weighted by Gasteiger charge is 2.21. The first-order valence-electron chi connectivity index (χ1n) is 6.21. The van der Waals surface area contributed by atoms with Crippen LogP contribution in [-0.2, 0) is 6.42 Å². The van der Waals surface area contributed by atoms with Crippen LogP contribution in [0.3, 0.4) is 0 Å². The van der Waals surface area contributed by atoms with Crippen LogP contribution in [0.5, 0.6) is 5.75 Å². The number of aryl methyl sites for hydroxylation is 1. The summed E-state index contributed by atoms with van der Waals surface area (Å²) in [6.45, 7) is 0. The molecule has 0 atom stereocenters. The van der Waals surface area contributed by atoms with Crippen molar-refractivity contribution in [3.8, 4) is 5.75 Å². The van der Waals surface area contributed by atoms with Crippen molar-refractivity contribution in [2.75, 3.05) is 0 Å². The van der Waals surface area contributed by atoms with E-state index in [0.717, 1.165) is 23.1 Å². The second kappa shape index (κ2) is 4.69. The Hall–Kier alpha value is -2.42. The van der Waals surface area contributed by atoms with Gasteiger partial charge >= 0.3 is 0 Å². The SMILES string of the molecule is O=C1C(=Cc2cccnc2)CCc2cc(O)ccc21. The Kier molecular flexibility index (Phi) is 2.88. The fourth-order valence-electron chi connectivity index (χ4n) is 2.36. The molecule has 0 aliphatic heterocycles. The van der Waals surface area contributed by atoms with Crippen LogP contribution in [0.1, 0.15) is 27.9 Å². The first kappa shape index (κ1) is 11.7. The zero-order valence-electron chi connectivity index (χ0n) is 10.3. The summed E-state index contributed by atoms with van der Waals surface area (Å²) in [7, 11) is 0. The molecule has 3 nitrogen and oxygen atoms in total. The lowest BCUT2D eigenvalue weighted by molar-refractivity contribution is 0.102. The standard InChI is InChI=1S/C16H13NO2/c18-14-5-6-15-12(9-14)3-4-13(16(15)19)8-11-2-1-7-17-10-11/h1-2,5-10,18H,3-4H2. The first-order chi connectivity index (χ1) is 9.24. The fourth-order valence-corrected chi connectivity index (χ4v) is 2.36. The third kappa shape index (κ3) is 2.27. The molecule has 0 saturated carbocycles. The van der Waals surface area contributed by atoms with E-state index in [1.165, 1.54) is 0 Å². The van der Waals surface area contributed by atoms with Crippen LogP contribution < -0.4 is 0 Å². The van der Waals surface area contributed by atoms with Crippen molar-refractivity contribution < 1.29 is 9.90 Å². The minimum atomic E-state index is 0.0464. The Morgan fingerprint density at radius 1 is 1.21 bits per heavy atom. The van der Waals surface area contributed by atoms with Crippen molar-refractivity contribution in [3.63, 3.8) is 0 Å². The number of pyridine rings is 1. The van der Waals surface area contributed by atoms with Crippen LogP contribution >= 0.6 is 0 Å². The summed E-state index contributed by atoms with van der Waals surface area (Å²) >= 11 is 0. The second-order valence-corrected chi connectivity index (χ2v) is 4.63. The Morgan fingerprint density at radius 2 is 2.11 bits per heavy atom. The molecule has 19 heavy (non-hydrogen) atoms. The number of ketones is 1.